The number of nitrogens with zero attached hydrogens (tertiary/aromatic N) is 2. The van der Waals surface area contributed by atoms with E-state index in [9.17, 15) is 4.79 Å². The maximum absolute atomic E-state index is 12.0. The zero-order valence-electron chi connectivity index (χ0n) is 10.6. The van der Waals surface area contributed by atoms with Crippen molar-refractivity contribution in [3.8, 4) is 0 Å². The van der Waals surface area contributed by atoms with Crippen molar-refractivity contribution >= 4 is 29.0 Å². The molecule has 0 bridgehead atoms. The SMILES string of the molecule is CNc1cncc(C(=O)Nc2ccc(C)cc2Cl)n1. The predicted molar refractivity (Wildman–Crippen MR) is 75.7 cm³/mol. The molecule has 0 radical (unpaired) electrons. The van der Waals surface area contributed by atoms with E-state index in [1.165, 1.54) is 12.4 Å². The highest BCUT2D eigenvalue weighted by molar-refractivity contribution is 6.34. The van der Waals surface area contributed by atoms with Gasteiger partial charge >= 0.3 is 0 Å². The number of halogens is 1. The van der Waals surface area contributed by atoms with E-state index in [0.29, 0.717) is 16.5 Å². The van der Waals surface area contributed by atoms with Crippen LogP contribution in [0.2, 0.25) is 5.02 Å². The number of benzene rings is 1. The topological polar surface area (TPSA) is 66.9 Å². The molecule has 0 saturated heterocycles. The Hall–Kier alpha value is -2.14. The van der Waals surface area contributed by atoms with Gasteiger partial charge in [0.05, 0.1) is 23.1 Å². The average Bonchev–Trinajstić information content (AvgIpc) is 2.42. The van der Waals surface area contributed by atoms with Crippen LogP contribution in [0.4, 0.5) is 11.5 Å². The second kappa shape index (κ2) is 5.67. The second-order valence-electron chi connectivity index (χ2n) is 3.98. The van der Waals surface area contributed by atoms with Crippen molar-refractivity contribution in [2.75, 3.05) is 17.7 Å². The average molecular weight is 277 g/mol. The van der Waals surface area contributed by atoms with Gasteiger partial charge in [0.15, 0.2) is 0 Å². The zero-order valence-corrected chi connectivity index (χ0v) is 11.3. The van der Waals surface area contributed by atoms with Gasteiger partial charge in [0.25, 0.3) is 5.91 Å². The molecule has 2 aromatic rings. The summed E-state index contributed by atoms with van der Waals surface area (Å²) in [5.74, 6) is 0.179. The molecule has 0 spiro atoms. The quantitative estimate of drug-likeness (QED) is 0.905. The molecule has 6 heteroatoms. The van der Waals surface area contributed by atoms with E-state index in [2.05, 4.69) is 20.6 Å². The van der Waals surface area contributed by atoms with Gasteiger partial charge in [-0.25, -0.2) is 4.98 Å². The van der Waals surface area contributed by atoms with E-state index in [1.807, 2.05) is 13.0 Å². The summed E-state index contributed by atoms with van der Waals surface area (Å²) in [6.07, 6.45) is 2.94. The number of carbonyl (C=O) groups excluding carboxylic acids is 1. The van der Waals surface area contributed by atoms with Crippen molar-refractivity contribution in [3.05, 3.63) is 46.9 Å². The Bertz CT molecular complexity index is 615. The van der Waals surface area contributed by atoms with Crippen LogP contribution in [-0.2, 0) is 0 Å². The van der Waals surface area contributed by atoms with Crippen molar-refractivity contribution in [3.63, 3.8) is 0 Å². The molecule has 1 aromatic carbocycles. The molecule has 0 unspecified atom stereocenters. The molecule has 0 aliphatic rings. The van der Waals surface area contributed by atoms with Crippen LogP contribution in [0, 0.1) is 6.92 Å². The summed E-state index contributed by atoms with van der Waals surface area (Å²) in [5.41, 5.74) is 1.80. The third-order valence-electron chi connectivity index (χ3n) is 2.50. The molecular formula is C13H13ClN4O. The van der Waals surface area contributed by atoms with E-state index in [-0.39, 0.29) is 11.6 Å². The molecule has 2 N–H and O–H groups in total. The van der Waals surface area contributed by atoms with Crippen molar-refractivity contribution in [2.45, 2.75) is 6.92 Å². The highest BCUT2D eigenvalue weighted by atomic mass is 35.5. The molecule has 0 fully saturated rings. The molecule has 1 heterocycles. The fourth-order valence-corrected chi connectivity index (χ4v) is 1.79. The summed E-state index contributed by atoms with van der Waals surface area (Å²) in [6, 6.07) is 5.41. The Kier molecular flexibility index (Phi) is 3.97. The van der Waals surface area contributed by atoms with Crippen LogP contribution in [0.3, 0.4) is 0 Å². The van der Waals surface area contributed by atoms with E-state index in [1.54, 1.807) is 19.2 Å². The molecule has 98 valence electrons. The second-order valence-corrected chi connectivity index (χ2v) is 4.38. The van der Waals surface area contributed by atoms with Gasteiger partial charge in [0.1, 0.15) is 11.5 Å². The number of hydrogen-bond acceptors (Lipinski definition) is 4. The van der Waals surface area contributed by atoms with E-state index in [0.717, 1.165) is 5.56 Å². The molecule has 19 heavy (non-hydrogen) atoms. The van der Waals surface area contributed by atoms with E-state index in [4.69, 9.17) is 11.6 Å². The number of anilines is 2. The Morgan fingerprint density at radius 1 is 1.32 bits per heavy atom. The Balaban J connectivity index is 2.20. The van der Waals surface area contributed by atoms with Gasteiger partial charge in [0, 0.05) is 7.05 Å². The maximum Gasteiger partial charge on any atom is 0.275 e. The molecule has 5 nitrogen and oxygen atoms in total. The van der Waals surface area contributed by atoms with Gasteiger partial charge in [-0.1, -0.05) is 17.7 Å². The fraction of sp³-hybridized carbons (Fsp3) is 0.154. The van der Waals surface area contributed by atoms with Gasteiger partial charge in [0.2, 0.25) is 0 Å². The normalized spacial score (nSPS) is 10.1. The number of nitrogens with one attached hydrogen (secondary N) is 2. The van der Waals surface area contributed by atoms with E-state index < -0.39 is 0 Å². The number of aromatic nitrogens is 2. The van der Waals surface area contributed by atoms with Gasteiger partial charge in [-0.3, -0.25) is 9.78 Å². The Morgan fingerprint density at radius 3 is 2.79 bits per heavy atom. The van der Waals surface area contributed by atoms with Crippen molar-refractivity contribution in [1.82, 2.24) is 9.97 Å². The van der Waals surface area contributed by atoms with Crippen LogP contribution in [0.1, 0.15) is 16.1 Å². The third-order valence-corrected chi connectivity index (χ3v) is 2.81. The minimum Gasteiger partial charge on any atom is -0.372 e. The van der Waals surface area contributed by atoms with Crippen LogP contribution in [0.15, 0.2) is 30.6 Å². The summed E-state index contributed by atoms with van der Waals surface area (Å²) >= 11 is 6.06. The minimum absolute atomic E-state index is 0.225. The summed E-state index contributed by atoms with van der Waals surface area (Å²) in [6.45, 7) is 1.93. The van der Waals surface area contributed by atoms with Crippen LogP contribution < -0.4 is 10.6 Å². The lowest BCUT2D eigenvalue weighted by molar-refractivity contribution is 0.102. The van der Waals surface area contributed by atoms with Crippen LogP contribution >= 0.6 is 11.6 Å². The molecule has 0 aliphatic heterocycles. The zero-order chi connectivity index (χ0) is 13.8. The highest BCUT2D eigenvalue weighted by Crippen LogP contribution is 2.23. The highest BCUT2D eigenvalue weighted by Gasteiger charge is 2.10. The number of amides is 1. The lowest BCUT2D eigenvalue weighted by Gasteiger charge is -2.08. The van der Waals surface area contributed by atoms with Crippen LogP contribution in [0.25, 0.3) is 0 Å². The molecular weight excluding hydrogens is 264 g/mol. The first kappa shape index (κ1) is 13.3. The number of aryl methyl sites for hydroxylation is 1. The molecule has 1 aromatic heterocycles. The number of rotatable bonds is 3. The summed E-state index contributed by atoms with van der Waals surface area (Å²) in [7, 11) is 1.71. The first-order valence-electron chi connectivity index (χ1n) is 5.67. The summed E-state index contributed by atoms with van der Waals surface area (Å²) < 4.78 is 0. The molecule has 0 saturated carbocycles. The van der Waals surface area contributed by atoms with Crippen LogP contribution in [0.5, 0.6) is 0 Å². The maximum atomic E-state index is 12.0. The Morgan fingerprint density at radius 2 is 2.11 bits per heavy atom. The van der Waals surface area contributed by atoms with E-state index >= 15 is 0 Å². The van der Waals surface area contributed by atoms with Crippen LogP contribution in [-0.4, -0.2) is 22.9 Å². The summed E-state index contributed by atoms with van der Waals surface area (Å²) in [4.78, 5) is 20.1. The Labute approximate surface area is 116 Å². The lowest BCUT2D eigenvalue weighted by atomic mass is 10.2. The largest absolute Gasteiger partial charge is 0.372 e. The number of carbonyl (C=O) groups is 1. The standard InChI is InChI=1S/C13H13ClN4O/c1-8-3-4-10(9(14)5-8)18-13(19)11-6-16-7-12(15-2)17-11/h3-7H,1-2H3,(H,15,17)(H,18,19). The van der Waals surface area contributed by atoms with Crippen molar-refractivity contribution in [2.24, 2.45) is 0 Å². The minimum atomic E-state index is -0.352. The molecule has 0 atom stereocenters. The molecule has 2 rings (SSSR count). The summed E-state index contributed by atoms with van der Waals surface area (Å²) in [5, 5.41) is 6.02. The van der Waals surface area contributed by atoms with Gasteiger partial charge in [-0.15, -0.1) is 0 Å². The smallest absolute Gasteiger partial charge is 0.275 e. The van der Waals surface area contributed by atoms with Crippen molar-refractivity contribution in [1.29, 1.82) is 0 Å². The van der Waals surface area contributed by atoms with Crippen molar-refractivity contribution < 1.29 is 4.79 Å². The number of hydrogen-bond donors (Lipinski definition) is 2. The third kappa shape index (κ3) is 3.20. The first-order chi connectivity index (χ1) is 9.10. The first-order valence-corrected chi connectivity index (χ1v) is 6.05. The lowest BCUT2D eigenvalue weighted by Crippen LogP contribution is -2.15. The predicted octanol–water partition coefficient (Wildman–Crippen LogP) is 2.73. The fourth-order valence-electron chi connectivity index (χ4n) is 1.50. The monoisotopic (exact) mass is 276 g/mol. The van der Waals surface area contributed by atoms with Gasteiger partial charge < -0.3 is 10.6 Å². The molecule has 0 aliphatic carbocycles. The van der Waals surface area contributed by atoms with Gasteiger partial charge in [-0.2, -0.15) is 0 Å². The molecule has 1 amide bonds. The van der Waals surface area contributed by atoms with Gasteiger partial charge in [-0.05, 0) is 24.6 Å².